The van der Waals surface area contributed by atoms with Gasteiger partial charge in [0.15, 0.2) is 11.2 Å². The van der Waals surface area contributed by atoms with E-state index in [1.807, 2.05) is 0 Å². The van der Waals surface area contributed by atoms with Crippen molar-refractivity contribution in [3.05, 3.63) is 35.4 Å². The lowest BCUT2D eigenvalue weighted by atomic mass is 10.1. The molecule has 0 aliphatic rings. The number of hydrogen-bond acceptors (Lipinski definition) is 3. The quantitative estimate of drug-likeness (QED) is 0.455. The van der Waals surface area contributed by atoms with Crippen molar-refractivity contribution in [1.29, 1.82) is 0 Å². The van der Waals surface area contributed by atoms with Gasteiger partial charge in [-0.15, -0.1) is 0 Å². The van der Waals surface area contributed by atoms with Crippen LogP contribution in [0.15, 0.2) is 18.2 Å². The molecule has 0 aliphatic carbocycles. The third-order valence-corrected chi connectivity index (χ3v) is 6.47. The van der Waals surface area contributed by atoms with Gasteiger partial charge in [0.1, 0.15) is 11.6 Å². The molecule has 1 aromatic carbocycles. The fourth-order valence-electron chi connectivity index (χ4n) is 1.65. The van der Waals surface area contributed by atoms with Gasteiger partial charge in [0.2, 0.25) is 0 Å². The molecule has 0 spiro atoms. The van der Waals surface area contributed by atoms with Crippen molar-refractivity contribution in [2.45, 2.75) is 18.2 Å². The van der Waals surface area contributed by atoms with Gasteiger partial charge < -0.3 is 19.6 Å². The predicted molar refractivity (Wildman–Crippen MR) is 67.8 cm³/mol. The van der Waals surface area contributed by atoms with E-state index in [4.69, 9.17) is 19.6 Å². The zero-order valence-corrected chi connectivity index (χ0v) is 12.2. The van der Waals surface area contributed by atoms with Crippen molar-refractivity contribution in [2.24, 2.45) is 0 Å². The van der Waals surface area contributed by atoms with Crippen LogP contribution < -0.4 is 0 Å². The summed E-state index contributed by atoms with van der Waals surface area (Å²) in [4.78, 5) is 47.2. The number of hydrogen-bond donors (Lipinski definition) is 4. The molecule has 0 bridgehead atoms. The fourth-order valence-corrected chi connectivity index (χ4v) is 4.15. The Kier molecular flexibility index (Phi) is 5.55. The molecule has 1 aromatic rings. The van der Waals surface area contributed by atoms with Crippen LogP contribution >= 0.6 is 15.2 Å². The lowest BCUT2D eigenvalue weighted by Crippen LogP contribution is -2.12. The topological polar surface area (TPSA) is 132 Å². The largest absolute Gasteiger partial charge is 0.340 e. The van der Waals surface area contributed by atoms with Crippen LogP contribution in [0.3, 0.4) is 0 Å². The van der Waals surface area contributed by atoms with E-state index < -0.39 is 50.9 Å². The van der Waals surface area contributed by atoms with Crippen LogP contribution in [0.2, 0.25) is 0 Å². The average molecular weight is 344 g/mol. The SMILES string of the molecule is O=C(CCC(P(=O)(O)O)P(=O)(O)O)c1cc(F)cc(F)c1. The molecular formula is C10H12F2O7P2. The molecule has 0 radical (unpaired) electrons. The maximum Gasteiger partial charge on any atom is 0.340 e. The van der Waals surface area contributed by atoms with Crippen molar-refractivity contribution >= 4 is 21.0 Å². The third-order valence-electron chi connectivity index (χ3n) is 2.59. The second-order valence-corrected chi connectivity index (χ2v) is 8.29. The molecule has 118 valence electrons. The summed E-state index contributed by atoms with van der Waals surface area (Å²) in [5.74, 6) is -2.92. The van der Waals surface area contributed by atoms with Gasteiger partial charge in [0.05, 0.1) is 0 Å². The highest BCUT2D eigenvalue weighted by molar-refractivity contribution is 7.70. The molecule has 0 atom stereocenters. The predicted octanol–water partition coefficient (Wildman–Crippen LogP) is 1.61. The van der Waals surface area contributed by atoms with Crippen LogP contribution in [0, 0.1) is 11.6 Å². The molecule has 21 heavy (non-hydrogen) atoms. The monoisotopic (exact) mass is 344 g/mol. The standard InChI is InChI=1S/C10H12F2O7P2/c11-7-3-6(4-8(12)5-7)9(13)1-2-10(20(14,15)16)21(17,18)19/h3-5,10H,1-2H2,(H2,14,15,16)(H2,17,18,19). The first-order valence-electron chi connectivity index (χ1n) is 5.51. The van der Waals surface area contributed by atoms with E-state index in [0.29, 0.717) is 6.07 Å². The van der Waals surface area contributed by atoms with Crippen LogP contribution in [0.25, 0.3) is 0 Å². The molecule has 0 saturated carbocycles. The smallest absolute Gasteiger partial charge is 0.324 e. The second-order valence-electron chi connectivity index (χ2n) is 4.28. The van der Waals surface area contributed by atoms with Gasteiger partial charge in [0, 0.05) is 18.1 Å². The van der Waals surface area contributed by atoms with Gasteiger partial charge in [-0.25, -0.2) is 8.78 Å². The summed E-state index contributed by atoms with van der Waals surface area (Å²) in [5, 5.41) is -2.33. The molecule has 0 aromatic heterocycles. The summed E-state index contributed by atoms with van der Waals surface area (Å²) in [5.41, 5.74) is -0.386. The molecular weight excluding hydrogens is 332 g/mol. The van der Waals surface area contributed by atoms with Crippen LogP contribution in [-0.2, 0) is 9.13 Å². The van der Waals surface area contributed by atoms with Crippen LogP contribution in [0.5, 0.6) is 0 Å². The first kappa shape index (κ1) is 18.1. The van der Waals surface area contributed by atoms with E-state index in [-0.39, 0.29) is 5.56 Å². The second kappa shape index (κ2) is 6.44. The van der Waals surface area contributed by atoms with Crippen molar-refractivity contribution < 1.29 is 42.3 Å². The van der Waals surface area contributed by atoms with E-state index in [9.17, 15) is 22.7 Å². The molecule has 7 nitrogen and oxygen atoms in total. The number of ketones is 1. The molecule has 0 amide bonds. The minimum atomic E-state index is -5.13. The van der Waals surface area contributed by atoms with Gasteiger partial charge in [-0.3, -0.25) is 13.9 Å². The highest BCUT2D eigenvalue weighted by atomic mass is 31.2. The highest BCUT2D eigenvalue weighted by Gasteiger charge is 2.43. The molecule has 1 rings (SSSR count). The molecule has 0 unspecified atom stereocenters. The Morgan fingerprint density at radius 2 is 1.43 bits per heavy atom. The molecule has 0 fully saturated rings. The molecule has 0 heterocycles. The van der Waals surface area contributed by atoms with Crippen molar-refractivity contribution in [2.75, 3.05) is 0 Å². The normalized spacial score (nSPS) is 12.7. The fraction of sp³-hybridized carbons (Fsp3) is 0.300. The maximum atomic E-state index is 12.9. The Balaban J connectivity index is 2.88. The van der Waals surface area contributed by atoms with E-state index in [1.165, 1.54) is 0 Å². The summed E-state index contributed by atoms with van der Waals surface area (Å²) in [6.07, 6.45) is -1.49. The minimum absolute atomic E-state index is 0.386. The van der Waals surface area contributed by atoms with Gasteiger partial charge >= 0.3 is 15.2 Å². The Bertz CT molecular complexity index is 594. The van der Waals surface area contributed by atoms with Gasteiger partial charge in [-0.05, 0) is 18.6 Å². The van der Waals surface area contributed by atoms with Crippen LogP contribution in [-0.4, -0.2) is 30.8 Å². The Hall–Kier alpha value is -0.950. The Morgan fingerprint density at radius 3 is 1.81 bits per heavy atom. The zero-order chi connectivity index (χ0) is 16.4. The first-order valence-corrected chi connectivity index (χ1v) is 8.87. The van der Waals surface area contributed by atoms with E-state index in [0.717, 1.165) is 12.1 Å². The molecule has 4 N–H and O–H groups in total. The van der Waals surface area contributed by atoms with Gasteiger partial charge in [0.25, 0.3) is 0 Å². The Labute approximate surface area is 117 Å². The van der Waals surface area contributed by atoms with Crippen molar-refractivity contribution in [3.8, 4) is 0 Å². The van der Waals surface area contributed by atoms with E-state index in [1.54, 1.807) is 0 Å². The van der Waals surface area contributed by atoms with Crippen molar-refractivity contribution in [1.82, 2.24) is 0 Å². The third kappa shape index (κ3) is 5.39. The number of Topliss-reactive ketones (excluding diaryl/α,β-unsaturated/α-hetero) is 1. The number of rotatable bonds is 6. The molecule has 0 saturated heterocycles. The minimum Gasteiger partial charge on any atom is -0.324 e. The summed E-state index contributed by atoms with van der Waals surface area (Å²) in [7, 11) is -10.3. The molecule has 0 aliphatic heterocycles. The number of carbonyl (C=O) groups is 1. The Morgan fingerprint density at radius 1 is 1.00 bits per heavy atom. The lowest BCUT2D eigenvalue weighted by molar-refractivity contribution is 0.0980. The zero-order valence-electron chi connectivity index (χ0n) is 10.4. The van der Waals surface area contributed by atoms with Crippen molar-refractivity contribution in [3.63, 3.8) is 0 Å². The summed E-state index contributed by atoms with van der Waals surface area (Å²) in [6.45, 7) is 0. The summed E-state index contributed by atoms with van der Waals surface area (Å²) in [6, 6.07) is 1.97. The number of benzene rings is 1. The highest BCUT2D eigenvalue weighted by Crippen LogP contribution is 2.61. The number of halogens is 2. The van der Waals surface area contributed by atoms with Gasteiger partial charge in [-0.1, -0.05) is 0 Å². The molecule has 11 heteroatoms. The summed E-state index contributed by atoms with van der Waals surface area (Å²) < 4.78 is 47.9. The lowest BCUT2D eigenvalue weighted by Gasteiger charge is -2.18. The van der Waals surface area contributed by atoms with Gasteiger partial charge in [-0.2, -0.15) is 0 Å². The summed E-state index contributed by atoms with van der Waals surface area (Å²) >= 11 is 0. The van der Waals surface area contributed by atoms with Crippen LogP contribution in [0.1, 0.15) is 23.2 Å². The van der Waals surface area contributed by atoms with E-state index >= 15 is 0 Å². The maximum absolute atomic E-state index is 12.9. The first-order chi connectivity index (χ1) is 9.41. The van der Waals surface area contributed by atoms with E-state index in [2.05, 4.69) is 0 Å². The number of carbonyl (C=O) groups excluding carboxylic acids is 1. The van der Waals surface area contributed by atoms with Crippen LogP contribution in [0.4, 0.5) is 8.78 Å². The average Bonchev–Trinajstić information content (AvgIpc) is 2.23.